The number of hydrogen-bond acceptors (Lipinski definition) is 7. The van der Waals surface area contributed by atoms with Gasteiger partial charge in [-0.2, -0.15) is 5.10 Å². The van der Waals surface area contributed by atoms with Gasteiger partial charge in [0.05, 0.1) is 30.0 Å². The summed E-state index contributed by atoms with van der Waals surface area (Å²) in [6, 6.07) is 10.6. The zero-order valence-electron chi connectivity index (χ0n) is 22.6. The van der Waals surface area contributed by atoms with Gasteiger partial charge in [-0.1, -0.05) is 12.8 Å². The second kappa shape index (κ2) is 10.7. The highest BCUT2D eigenvalue weighted by Gasteiger charge is 2.18. The van der Waals surface area contributed by atoms with Crippen LogP contribution in [0.2, 0.25) is 0 Å². The van der Waals surface area contributed by atoms with E-state index in [-0.39, 0.29) is 5.82 Å². The molecule has 0 spiro atoms. The lowest BCUT2D eigenvalue weighted by molar-refractivity contribution is 0.411. The average Bonchev–Trinajstić information content (AvgIpc) is 3.76. The number of aromatic amines is 2. The van der Waals surface area contributed by atoms with Gasteiger partial charge >= 0.3 is 0 Å². The quantitative estimate of drug-likeness (QED) is 0.212. The number of benzene rings is 1. The molecule has 6 aromatic rings. The zero-order valence-corrected chi connectivity index (χ0v) is 22.6. The molecule has 0 atom stereocenters. The van der Waals surface area contributed by atoms with Crippen molar-refractivity contribution in [3.8, 4) is 39.7 Å². The minimum atomic E-state index is -0.384. The highest BCUT2D eigenvalue weighted by Crippen LogP contribution is 2.33. The van der Waals surface area contributed by atoms with Gasteiger partial charge in [-0.05, 0) is 66.8 Å². The Balaban J connectivity index is 1.21. The lowest BCUT2D eigenvalue weighted by atomic mass is 10.1. The second-order valence-electron chi connectivity index (χ2n) is 10.6. The Kier molecular flexibility index (Phi) is 6.60. The Morgan fingerprint density at radius 2 is 1.93 bits per heavy atom. The molecule has 5 aromatic heterocycles. The predicted molar refractivity (Wildman–Crippen MR) is 156 cm³/mol. The van der Waals surface area contributed by atoms with Gasteiger partial charge in [0.1, 0.15) is 17.3 Å². The number of pyridine rings is 3. The topological polar surface area (TPSA) is 117 Å². The summed E-state index contributed by atoms with van der Waals surface area (Å²) in [6.07, 6.45) is 12.5. The molecular formula is C31H29FN8O. The molecule has 1 aliphatic carbocycles. The monoisotopic (exact) mass is 548 g/mol. The molecule has 0 radical (unpaired) electrons. The third-order valence-corrected chi connectivity index (χ3v) is 7.81. The number of H-pyrrole nitrogens is 2. The minimum absolute atomic E-state index is 0.384. The van der Waals surface area contributed by atoms with Gasteiger partial charge < -0.3 is 15.0 Å². The number of methoxy groups -OCH3 is 1. The van der Waals surface area contributed by atoms with Crippen molar-refractivity contribution in [2.24, 2.45) is 5.92 Å². The van der Waals surface area contributed by atoms with Crippen molar-refractivity contribution in [1.29, 1.82) is 0 Å². The SMILES string of the molecule is COc1cc(F)cc(-c2ccnc3nc(-c4n[nH]c5cnc(-c6cncc(CNCC7CCCC7)c6)cc45)[nH]c23)c1. The van der Waals surface area contributed by atoms with Gasteiger partial charge in [0, 0.05) is 47.7 Å². The molecular weight excluding hydrogens is 519 g/mol. The molecule has 1 aliphatic rings. The summed E-state index contributed by atoms with van der Waals surface area (Å²) in [7, 11) is 1.52. The van der Waals surface area contributed by atoms with E-state index >= 15 is 0 Å². The van der Waals surface area contributed by atoms with Crippen molar-refractivity contribution in [1.82, 2.24) is 40.4 Å². The molecule has 1 saturated carbocycles. The lowest BCUT2D eigenvalue weighted by Gasteiger charge is -2.11. The van der Waals surface area contributed by atoms with Crippen LogP contribution in [0.1, 0.15) is 31.2 Å². The fraction of sp³-hybridized carbons (Fsp3) is 0.258. The maximum Gasteiger partial charge on any atom is 0.178 e. The third-order valence-electron chi connectivity index (χ3n) is 7.81. The minimum Gasteiger partial charge on any atom is -0.497 e. The summed E-state index contributed by atoms with van der Waals surface area (Å²) in [5.41, 5.74) is 6.91. The first-order chi connectivity index (χ1) is 20.1. The van der Waals surface area contributed by atoms with Gasteiger partial charge in [0.15, 0.2) is 11.5 Å². The van der Waals surface area contributed by atoms with E-state index in [1.54, 1.807) is 18.5 Å². The van der Waals surface area contributed by atoms with Crippen LogP contribution in [0.25, 0.3) is 56.0 Å². The van der Waals surface area contributed by atoms with Crippen molar-refractivity contribution < 1.29 is 9.13 Å². The molecule has 1 aromatic carbocycles. The third kappa shape index (κ3) is 5.02. The summed E-state index contributed by atoms with van der Waals surface area (Å²) < 4.78 is 19.5. The van der Waals surface area contributed by atoms with Crippen molar-refractivity contribution in [3.05, 3.63) is 72.6 Å². The average molecular weight is 549 g/mol. The van der Waals surface area contributed by atoms with Crippen LogP contribution in [-0.4, -0.2) is 48.8 Å². The molecule has 0 aliphatic heterocycles. The van der Waals surface area contributed by atoms with Crippen LogP contribution < -0.4 is 10.1 Å². The van der Waals surface area contributed by atoms with Crippen LogP contribution in [0.3, 0.4) is 0 Å². The molecule has 10 heteroatoms. The molecule has 0 saturated heterocycles. The first-order valence-electron chi connectivity index (χ1n) is 13.8. The van der Waals surface area contributed by atoms with Crippen molar-refractivity contribution in [2.45, 2.75) is 32.2 Å². The maximum atomic E-state index is 14.3. The maximum absolute atomic E-state index is 14.3. The number of nitrogens with zero attached hydrogens (tertiary/aromatic N) is 5. The normalized spacial score (nSPS) is 13.9. The molecule has 3 N–H and O–H groups in total. The van der Waals surface area contributed by atoms with E-state index in [4.69, 9.17) is 9.72 Å². The Labute approximate surface area is 235 Å². The number of fused-ring (bicyclic) bond motifs is 2. The molecule has 0 unspecified atom stereocenters. The van der Waals surface area contributed by atoms with Crippen LogP contribution >= 0.6 is 0 Å². The molecule has 0 bridgehead atoms. The zero-order chi connectivity index (χ0) is 27.8. The van der Waals surface area contributed by atoms with E-state index in [2.05, 4.69) is 41.5 Å². The Morgan fingerprint density at radius 3 is 2.80 bits per heavy atom. The summed E-state index contributed by atoms with van der Waals surface area (Å²) in [4.78, 5) is 21.7. The van der Waals surface area contributed by atoms with Gasteiger partial charge in [-0.15, -0.1) is 0 Å². The van der Waals surface area contributed by atoms with Crippen LogP contribution in [-0.2, 0) is 6.54 Å². The largest absolute Gasteiger partial charge is 0.497 e. The predicted octanol–water partition coefficient (Wildman–Crippen LogP) is 6.05. The van der Waals surface area contributed by atoms with E-state index in [0.717, 1.165) is 52.3 Å². The number of hydrogen-bond donors (Lipinski definition) is 3. The lowest BCUT2D eigenvalue weighted by Crippen LogP contribution is -2.20. The summed E-state index contributed by atoms with van der Waals surface area (Å²) in [6.45, 7) is 1.83. The molecule has 206 valence electrons. The first-order valence-corrected chi connectivity index (χ1v) is 13.8. The molecule has 9 nitrogen and oxygen atoms in total. The number of ether oxygens (including phenoxy) is 1. The molecule has 5 heterocycles. The Bertz CT molecular complexity index is 1860. The summed E-state index contributed by atoms with van der Waals surface area (Å²) in [5, 5.41) is 12.1. The fourth-order valence-corrected chi connectivity index (χ4v) is 5.71. The van der Waals surface area contributed by atoms with Crippen molar-refractivity contribution in [3.63, 3.8) is 0 Å². The fourth-order valence-electron chi connectivity index (χ4n) is 5.71. The van der Waals surface area contributed by atoms with Crippen LogP contribution in [0.4, 0.5) is 4.39 Å². The van der Waals surface area contributed by atoms with E-state index in [1.807, 2.05) is 24.5 Å². The molecule has 7 rings (SSSR count). The van der Waals surface area contributed by atoms with Gasteiger partial charge in [-0.25, -0.2) is 14.4 Å². The molecule has 1 fully saturated rings. The van der Waals surface area contributed by atoms with Crippen LogP contribution in [0.15, 0.2) is 61.2 Å². The summed E-state index contributed by atoms with van der Waals surface area (Å²) >= 11 is 0. The van der Waals surface area contributed by atoms with E-state index in [1.165, 1.54) is 44.9 Å². The number of nitrogens with one attached hydrogen (secondary N) is 3. The highest BCUT2D eigenvalue weighted by atomic mass is 19.1. The summed E-state index contributed by atoms with van der Waals surface area (Å²) in [5.74, 6) is 1.39. The van der Waals surface area contributed by atoms with Gasteiger partial charge in [-0.3, -0.25) is 15.1 Å². The second-order valence-corrected chi connectivity index (χ2v) is 10.6. The van der Waals surface area contributed by atoms with E-state index in [9.17, 15) is 4.39 Å². The van der Waals surface area contributed by atoms with E-state index in [0.29, 0.717) is 34.0 Å². The number of aromatic nitrogens is 7. The van der Waals surface area contributed by atoms with Gasteiger partial charge in [0.2, 0.25) is 0 Å². The Morgan fingerprint density at radius 1 is 1.02 bits per heavy atom. The number of rotatable bonds is 8. The number of halogens is 1. The first kappa shape index (κ1) is 25.3. The van der Waals surface area contributed by atoms with Crippen LogP contribution in [0.5, 0.6) is 5.75 Å². The van der Waals surface area contributed by atoms with E-state index < -0.39 is 0 Å². The van der Waals surface area contributed by atoms with Crippen molar-refractivity contribution in [2.75, 3.05) is 13.7 Å². The molecule has 41 heavy (non-hydrogen) atoms. The van der Waals surface area contributed by atoms with Crippen LogP contribution in [0, 0.1) is 11.7 Å². The highest BCUT2D eigenvalue weighted by molar-refractivity contribution is 5.96. The van der Waals surface area contributed by atoms with Crippen molar-refractivity contribution >= 4 is 22.1 Å². The molecule has 0 amide bonds. The standard InChI is InChI=1S/C31H29FN8O/c1-41-23-10-20(9-22(32)11-23)24-6-7-35-30-28(24)37-31(38-30)29-25-12-26(36-17-27(25)39-40-29)21-8-19(15-34-16-21)14-33-13-18-4-2-3-5-18/h6-12,15-18,33H,2-5,13-14H2,1H3,(H,39,40)(H,35,37,38). The number of imidazole rings is 1. The Hall–Kier alpha value is -4.70. The smallest absolute Gasteiger partial charge is 0.178 e. The van der Waals surface area contributed by atoms with Gasteiger partial charge in [0.25, 0.3) is 0 Å².